The van der Waals surface area contributed by atoms with Gasteiger partial charge < -0.3 is 10.6 Å². The van der Waals surface area contributed by atoms with E-state index in [0.29, 0.717) is 11.4 Å². The van der Waals surface area contributed by atoms with Crippen molar-refractivity contribution in [1.29, 1.82) is 0 Å². The molecule has 0 bridgehead atoms. The molecule has 3 rings (SSSR count). The molecule has 2 aromatic heterocycles. The molecule has 0 aliphatic carbocycles. The van der Waals surface area contributed by atoms with Crippen LogP contribution < -0.4 is 5.73 Å². The number of hydrogen-bond acceptors (Lipinski definition) is 7. The minimum Gasteiger partial charge on any atom is -0.378 e. The number of nitrogens with two attached hydrogens (primary N) is 1. The van der Waals surface area contributed by atoms with E-state index in [1.807, 2.05) is 0 Å². The fraction of sp³-hybridized carbons (Fsp3) is 0.500. The summed E-state index contributed by atoms with van der Waals surface area (Å²) in [7, 11) is 0. The first-order valence-corrected chi connectivity index (χ1v) is 5.98. The maximum absolute atomic E-state index is 12.3. The molecule has 1 aliphatic heterocycles. The molecular weight excluding hydrogens is 250 g/mol. The third-order valence-electron chi connectivity index (χ3n) is 3.19. The van der Waals surface area contributed by atoms with Gasteiger partial charge in [0.15, 0.2) is 5.69 Å². The van der Waals surface area contributed by atoms with Gasteiger partial charge in [-0.3, -0.25) is 4.79 Å². The van der Waals surface area contributed by atoms with E-state index in [1.165, 1.54) is 4.68 Å². The molecular formula is C10H13N7O2. The molecule has 0 atom stereocenters. The minimum atomic E-state index is -0.115. The van der Waals surface area contributed by atoms with Crippen LogP contribution in [0.3, 0.4) is 0 Å². The lowest BCUT2D eigenvalue weighted by atomic mass is 10.3. The van der Waals surface area contributed by atoms with Crippen LogP contribution in [0.4, 0.5) is 5.82 Å². The van der Waals surface area contributed by atoms with Crippen molar-refractivity contribution in [3.63, 3.8) is 0 Å². The summed E-state index contributed by atoms with van der Waals surface area (Å²) in [5, 5.41) is 14.9. The van der Waals surface area contributed by atoms with Crippen molar-refractivity contribution in [2.24, 2.45) is 0 Å². The molecule has 1 fully saturated rings. The van der Waals surface area contributed by atoms with Crippen molar-refractivity contribution in [3.05, 3.63) is 11.4 Å². The fourth-order valence-electron chi connectivity index (χ4n) is 2.14. The van der Waals surface area contributed by atoms with E-state index < -0.39 is 0 Å². The van der Waals surface area contributed by atoms with E-state index in [1.54, 1.807) is 11.8 Å². The molecule has 0 spiro atoms. The van der Waals surface area contributed by atoms with Crippen LogP contribution in [0.25, 0.3) is 5.82 Å². The van der Waals surface area contributed by atoms with Gasteiger partial charge in [0.05, 0.1) is 5.69 Å². The second kappa shape index (κ2) is 4.34. The first kappa shape index (κ1) is 11.6. The SMILES string of the molecule is Cc1c(C(=O)N2CCCC2)nnn1-c1nonc1N. The molecule has 2 N–H and O–H groups in total. The van der Waals surface area contributed by atoms with Crippen LogP contribution >= 0.6 is 0 Å². The molecule has 9 heteroatoms. The van der Waals surface area contributed by atoms with Crippen molar-refractivity contribution in [2.75, 3.05) is 18.8 Å². The van der Waals surface area contributed by atoms with E-state index in [-0.39, 0.29) is 17.5 Å². The highest BCUT2D eigenvalue weighted by Gasteiger charge is 2.26. The van der Waals surface area contributed by atoms with Crippen LogP contribution in [0.15, 0.2) is 4.63 Å². The molecule has 0 radical (unpaired) electrons. The highest BCUT2D eigenvalue weighted by molar-refractivity contribution is 5.93. The van der Waals surface area contributed by atoms with Gasteiger partial charge in [-0.15, -0.1) is 5.10 Å². The average molecular weight is 263 g/mol. The number of carbonyl (C=O) groups excluding carboxylic acids is 1. The molecule has 3 heterocycles. The molecule has 1 aliphatic rings. The summed E-state index contributed by atoms with van der Waals surface area (Å²) in [4.78, 5) is 14.0. The van der Waals surface area contributed by atoms with Crippen molar-refractivity contribution < 1.29 is 9.42 Å². The molecule has 0 aromatic carbocycles. The summed E-state index contributed by atoms with van der Waals surface area (Å²) in [6, 6.07) is 0. The number of nitrogen functional groups attached to an aromatic ring is 1. The number of amides is 1. The molecule has 1 saturated heterocycles. The summed E-state index contributed by atoms with van der Waals surface area (Å²) in [5.74, 6) is 0.231. The lowest BCUT2D eigenvalue weighted by molar-refractivity contribution is 0.0786. The standard InChI is InChI=1S/C10H13N7O2/c1-6-7(10(18)16-4-2-3-5-16)12-15-17(6)9-8(11)13-19-14-9/h2-5H2,1H3,(H2,11,13). The molecule has 100 valence electrons. The van der Waals surface area contributed by atoms with Gasteiger partial charge in [-0.1, -0.05) is 5.21 Å². The van der Waals surface area contributed by atoms with Crippen molar-refractivity contribution in [3.8, 4) is 5.82 Å². The first-order chi connectivity index (χ1) is 9.18. The summed E-state index contributed by atoms with van der Waals surface area (Å²) in [5.41, 5.74) is 6.48. The summed E-state index contributed by atoms with van der Waals surface area (Å²) >= 11 is 0. The van der Waals surface area contributed by atoms with E-state index in [4.69, 9.17) is 5.73 Å². The zero-order valence-electron chi connectivity index (χ0n) is 10.4. The number of likely N-dealkylation sites (tertiary alicyclic amines) is 1. The van der Waals surface area contributed by atoms with Crippen LogP contribution in [-0.2, 0) is 0 Å². The van der Waals surface area contributed by atoms with E-state index >= 15 is 0 Å². The number of hydrogen-bond donors (Lipinski definition) is 1. The number of aromatic nitrogens is 5. The smallest absolute Gasteiger partial charge is 0.276 e. The van der Waals surface area contributed by atoms with Crippen molar-refractivity contribution in [1.82, 2.24) is 30.2 Å². The number of carbonyl (C=O) groups is 1. The predicted octanol–water partition coefficient (Wildman–Crippen LogP) is -0.223. The zero-order chi connectivity index (χ0) is 13.4. The summed E-state index contributed by atoms with van der Waals surface area (Å²) in [6.07, 6.45) is 2.05. The Balaban J connectivity index is 1.95. The molecule has 1 amide bonds. The summed E-state index contributed by atoms with van der Waals surface area (Å²) < 4.78 is 5.87. The second-order valence-electron chi connectivity index (χ2n) is 4.41. The largest absolute Gasteiger partial charge is 0.378 e. The number of rotatable bonds is 2. The zero-order valence-corrected chi connectivity index (χ0v) is 10.4. The summed E-state index contributed by atoms with van der Waals surface area (Å²) in [6.45, 7) is 3.26. The second-order valence-corrected chi connectivity index (χ2v) is 4.41. The Morgan fingerprint density at radius 3 is 2.68 bits per heavy atom. The Labute approximate surface area is 108 Å². The molecule has 9 nitrogen and oxygen atoms in total. The third kappa shape index (κ3) is 1.83. The minimum absolute atomic E-state index is 0.105. The topological polar surface area (TPSA) is 116 Å². The van der Waals surface area contributed by atoms with Crippen LogP contribution in [0, 0.1) is 6.92 Å². The van der Waals surface area contributed by atoms with E-state index in [2.05, 4.69) is 25.3 Å². The highest BCUT2D eigenvalue weighted by atomic mass is 16.6. The Morgan fingerprint density at radius 1 is 1.32 bits per heavy atom. The Bertz CT molecular complexity index is 611. The monoisotopic (exact) mass is 263 g/mol. The highest BCUT2D eigenvalue weighted by Crippen LogP contribution is 2.17. The van der Waals surface area contributed by atoms with Gasteiger partial charge >= 0.3 is 0 Å². The maximum atomic E-state index is 12.3. The van der Waals surface area contributed by atoms with Crippen molar-refractivity contribution in [2.45, 2.75) is 19.8 Å². The Hall–Kier alpha value is -2.45. The molecule has 0 saturated carbocycles. The predicted molar refractivity (Wildman–Crippen MR) is 63.5 cm³/mol. The lowest BCUT2D eigenvalue weighted by Gasteiger charge is -2.13. The van der Waals surface area contributed by atoms with Gasteiger partial charge in [0.1, 0.15) is 0 Å². The van der Waals surface area contributed by atoms with Crippen molar-refractivity contribution >= 4 is 11.7 Å². The Kier molecular flexibility index (Phi) is 2.65. The quantitative estimate of drug-likeness (QED) is 0.795. The number of anilines is 1. The Morgan fingerprint density at radius 2 is 2.05 bits per heavy atom. The van der Waals surface area contributed by atoms with Gasteiger partial charge in [-0.25, -0.2) is 4.63 Å². The molecule has 0 unspecified atom stereocenters. The molecule has 19 heavy (non-hydrogen) atoms. The van der Waals surface area contributed by atoms with Gasteiger partial charge in [0.2, 0.25) is 11.6 Å². The van der Waals surface area contributed by atoms with Gasteiger partial charge in [-0.05, 0) is 30.1 Å². The van der Waals surface area contributed by atoms with Crippen LogP contribution in [0.1, 0.15) is 29.0 Å². The van der Waals surface area contributed by atoms with Gasteiger partial charge in [-0.2, -0.15) is 4.68 Å². The average Bonchev–Trinajstić information content (AvgIpc) is 3.09. The van der Waals surface area contributed by atoms with Crippen LogP contribution in [-0.4, -0.2) is 49.2 Å². The van der Waals surface area contributed by atoms with E-state index in [9.17, 15) is 4.79 Å². The normalized spacial score (nSPS) is 15.1. The van der Waals surface area contributed by atoms with Gasteiger partial charge in [0, 0.05) is 13.1 Å². The molecule has 2 aromatic rings. The lowest BCUT2D eigenvalue weighted by Crippen LogP contribution is -2.28. The third-order valence-corrected chi connectivity index (χ3v) is 3.19. The van der Waals surface area contributed by atoms with Crippen LogP contribution in [0.5, 0.6) is 0 Å². The maximum Gasteiger partial charge on any atom is 0.276 e. The first-order valence-electron chi connectivity index (χ1n) is 5.98. The van der Waals surface area contributed by atoms with Gasteiger partial charge in [0.25, 0.3) is 5.91 Å². The fourth-order valence-corrected chi connectivity index (χ4v) is 2.14. The van der Waals surface area contributed by atoms with Crippen LogP contribution in [0.2, 0.25) is 0 Å². The number of nitrogens with zero attached hydrogens (tertiary/aromatic N) is 6. The van der Waals surface area contributed by atoms with E-state index in [0.717, 1.165) is 25.9 Å².